The number of hydrogen-bond donors (Lipinski definition) is 2. The topological polar surface area (TPSA) is 84.5 Å². The first-order chi connectivity index (χ1) is 13.3. The highest BCUT2D eigenvalue weighted by molar-refractivity contribution is 7.92. The molecule has 0 saturated carbocycles. The molecule has 2 aromatic carbocycles. The molecule has 1 fully saturated rings. The van der Waals surface area contributed by atoms with Crippen LogP contribution in [0.25, 0.3) is 0 Å². The predicted molar refractivity (Wildman–Crippen MR) is 100 cm³/mol. The van der Waals surface area contributed by atoms with E-state index < -0.39 is 21.7 Å². The van der Waals surface area contributed by atoms with Gasteiger partial charge < -0.3 is 10.1 Å². The zero-order chi connectivity index (χ0) is 20.1. The molecule has 0 atom stereocenters. The SMILES string of the molecule is O=C(CC1CCOCC1)Nc1ccc(NS(=O)(=O)c2ccc(F)c(F)c2)cc1. The molecule has 6 nitrogen and oxygen atoms in total. The van der Waals surface area contributed by atoms with Crippen LogP contribution in [0.2, 0.25) is 0 Å². The van der Waals surface area contributed by atoms with Crippen molar-refractivity contribution in [3.05, 3.63) is 54.1 Å². The molecule has 2 N–H and O–H groups in total. The second-order valence-corrected chi connectivity index (χ2v) is 8.25. The molecule has 1 heterocycles. The van der Waals surface area contributed by atoms with Crippen molar-refractivity contribution >= 4 is 27.3 Å². The largest absolute Gasteiger partial charge is 0.381 e. The standard InChI is InChI=1S/C19H20F2N2O4S/c20-17-6-5-16(12-18(17)21)28(25,26)23-15-3-1-14(2-4-15)22-19(24)11-13-7-9-27-10-8-13/h1-6,12-13,23H,7-11H2,(H,22,24). The molecule has 3 rings (SSSR count). The Morgan fingerprint density at radius 2 is 1.64 bits per heavy atom. The lowest BCUT2D eigenvalue weighted by molar-refractivity contribution is -0.117. The smallest absolute Gasteiger partial charge is 0.261 e. The fourth-order valence-corrected chi connectivity index (χ4v) is 3.97. The second kappa shape index (κ2) is 8.66. The molecule has 1 aliphatic heterocycles. The van der Waals surface area contributed by atoms with Crippen molar-refractivity contribution < 1.29 is 26.7 Å². The summed E-state index contributed by atoms with van der Waals surface area (Å²) in [7, 11) is -4.06. The Balaban J connectivity index is 1.60. The van der Waals surface area contributed by atoms with Crippen LogP contribution in [0, 0.1) is 17.6 Å². The summed E-state index contributed by atoms with van der Waals surface area (Å²) in [5.74, 6) is -2.18. The van der Waals surface area contributed by atoms with Crippen molar-refractivity contribution in [1.82, 2.24) is 0 Å². The van der Waals surface area contributed by atoms with Gasteiger partial charge in [-0.05, 0) is 61.2 Å². The van der Waals surface area contributed by atoms with Gasteiger partial charge in [0.05, 0.1) is 4.90 Å². The monoisotopic (exact) mass is 410 g/mol. The van der Waals surface area contributed by atoms with E-state index in [0.29, 0.717) is 37.3 Å². The van der Waals surface area contributed by atoms with E-state index in [-0.39, 0.29) is 16.5 Å². The second-order valence-electron chi connectivity index (χ2n) is 6.57. The van der Waals surface area contributed by atoms with Gasteiger partial charge in [0, 0.05) is 31.0 Å². The number of amides is 1. The van der Waals surface area contributed by atoms with E-state index in [9.17, 15) is 22.0 Å². The van der Waals surface area contributed by atoms with Crippen LogP contribution < -0.4 is 10.0 Å². The molecule has 0 aromatic heterocycles. The van der Waals surface area contributed by atoms with Gasteiger partial charge in [-0.15, -0.1) is 0 Å². The highest BCUT2D eigenvalue weighted by atomic mass is 32.2. The third kappa shape index (κ3) is 5.26. The first kappa shape index (κ1) is 20.2. The van der Waals surface area contributed by atoms with Crippen molar-refractivity contribution in [3.63, 3.8) is 0 Å². The van der Waals surface area contributed by atoms with E-state index in [1.807, 2.05) is 0 Å². The van der Waals surface area contributed by atoms with Gasteiger partial charge in [-0.25, -0.2) is 17.2 Å². The number of nitrogens with one attached hydrogen (secondary N) is 2. The highest BCUT2D eigenvalue weighted by Gasteiger charge is 2.18. The van der Waals surface area contributed by atoms with Crippen LogP contribution in [0.5, 0.6) is 0 Å². The lowest BCUT2D eigenvalue weighted by atomic mass is 9.96. The average molecular weight is 410 g/mol. The minimum atomic E-state index is -4.06. The van der Waals surface area contributed by atoms with Gasteiger partial charge in [0.2, 0.25) is 5.91 Å². The number of carbonyl (C=O) groups is 1. The molecule has 9 heteroatoms. The maximum atomic E-state index is 13.3. The summed E-state index contributed by atoms with van der Waals surface area (Å²) >= 11 is 0. The van der Waals surface area contributed by atoms with Crippen molar-refractivity contribution in [1.29, 1.82) is 0 Å². The lowest BCUT2D eigenvalue weighted by Crippen LogP contribution is -2.22. The highest BCUT2D eigenvalue weighted by Crippen LogP contribution is 2.22. The predicted octanol–water partition coefficient (Wildman–Crippen LogP) is 3.52. The molecular weight excluding hydrogens is 390 g/mol. The Kier molecular flexibility index (Phi) is 6.25. The molecule has 0 spiro atoms. The molecule has 0 aliphatic carbocycles. The first-order valence-electron chi connectivity index (χ1n) is 8.79. The number of benzene rings is 2. The number of rotatable bonds is 6. The van der Waals surface area contributed by atoms with Crippen LogP contribution in [-0.4, -0.2) is 27.5 Å². The number of hydrogen-bond acceptors (Lipinski definition) is 4. The van der Waals surface area contributed by atoms with Gasteiger partial charge in [-0.2, -0.15) is 0 Å². The minimum Gasteiger partial charge on any atom is -0.381 e. The Labute approximate surface area is 162 Å². The first-order valence-corrected chi connectivity index (χ1v) is 10.3. The summed E-state index contributed by atoms with van der Waals surface area (Å²) in [6.07, 6.45) is 2.13. The van der Waals surface area contributed by atoms with Crippen LogP contribution in [0.4, 0.5) is 20.2 Å². The maximum Gasteiger partial charge on any atom is 0.261 e. The molecule has 0 radical (unpaired) electrons. The van der Waals surface area contributed by atoms with Crippen LogP contribution >= 0.6 is 0 Å². The van der Waals surface area contributed by atoms with Gasteiger partial charge in [0.1, 0.15) is 0 Å². The van der Waals surface area contributed by atoms with Gasteiger partial charge in [0.15, 0.2) is 11.6 Å². The summed E-state index contributed by atoms with van der Waals surface area (Å²) < 4.78 is 58.3. The Bertz CT molecular complexity index is 943. The summed E-state index contributed by atoms with van der Waals surface area (Å²) in [5, 5.41) is 2.78. The third-order valence-electron chi connectivity index (χ3n) is 4.44. The van der Waals surface area contributed by atoms with E-state index in [1.54, 1.807) is 12.1 Å². The van der Waals surface area contributed by atoms with E-state index in [0.717, 1.165) is 25.0 Å². The molecule has 1 saturated heterocycles. The Morgan fingerprint density at radius 1 is 1.00 bits per heavy atom. The van der Waals surface area contributed by atoms with Crippen molar-refractivity contribution in [2.24, 2.45) is 5.92 Å². The molecular formula is C19H20F2N2O4S. The van der Waals surface area contributed by atoms with Gasteiger partial charge in [0.25, 0.3) is 10.0 Å². The third-order valence-corrected chi connectivity index (χ3v) is 5.82. The Hall–Kier alpha value is -2.52. The summed E-state index contributed by atoms with van der Waals surface area (Å²) in [6.45, 7) is 1.34. The van der Waals surface area contributed by atoms with Crippen molar-refractivity contribution in [3.8, 4) is 0 Å². The maximum absolute atomic E-state index is 13.3. The zero-order valence-corrected chi connectivity index (χ0v) is 15.8. The quantitative estimate of drug-likeness (QED) is 0.763. The number of carbonyl (C=O) groups excluding carboxylic acids is 1. The molecule has 150 valence electrons. The van der Waals surface area contributed by atoms with E-state index >= 15 is 0 Å². The average Bonchev–Trinajstić information content (AvgIpc) is 2.66. The summed E-state index contributed by atoms with van der Waals surface area (Å²) in [5.41, 5.74) is 0.764. The van der Waals surface area contributed by atoms with E-state index in [4.69, 9.17) is 4.74 Å². The fraction of sp³-hybridized carbons (Fsp3) is 0.316. The number of anilines is 2. The normalized spacial score (nSPS) is 15.2. The Morgan fingerprint density at radius 3 is 2.29 bits per heavy atom. The number of halogens is 2. The van der Waals surface area contributed by atoms with E-state index in [1.165, 1.54) is 12.1 Å². The van der Waals surface area contributed by atoms with Crippen LogP contribution in [-0.2, 0) is 19.6 Å². The van der Waals surface area contributed by atoms with Crippen LogP contribution in [0.3, 0.4) is 0 Å². The van der Waals surface area contributed by atoms with Gasteiger partial charge in [-0.3, -0.25) is 9.52 Å². The molecule has 1 aliphatic rings. The minimum absolute atomic E-state index is 0.109. The zero-order valence-electron chi connectivity index (χ0n) is 15.0. The van der Waals surface area contributed by atoms with E-state index in [2.05, 4.69) is 10.0 Å². The number of sulfonamides is 1. The van der Waals surface area contributed by atoms with Crippen LogP contribution in [0.15, 0.2) is 47.4 Å². The van der Waals surface area contributed by atoms with Crippen molar-refractivity contribution in [2.75, 3.05) is 23.3 Å². The molecule has 0 bridgehead atoms. The fourth-order valence-electron chi connectivity index (χ4n) is 2.90. The van der Waals surface area contributed by atoms with Crippen molar-refractivity contribution in [2.45, 2.75) is 24.2 Å². The lowest BCUT2D eigenvalue weighted by Gasteiger charge is -2.21. The number of ether oxygens (including phenoxy) is 1. The van der Waals surface area contributed by atoms with Crippen LogP contribution in [0.1, 0.15) is 19.3 Å². The summed E-state index contributed by atoms with van der Waals surface area (Å²) in [4.78, 5) is 11.7. The van der Waals surface area contributed by atoms with Gasteiger partial charge in [-0.1, -0.05) is 0 Å². The molecule has 1 amide bonds. The molecule has 28 heavy (non-hydrogen) atoms. The molecule has 2 aromatic rings. The summed E-state index contributed by atoms with van der Waals surface area (Å²) in [6, 6.07) is 8.41. The van der Waals surface area contributed by atoms with Gasteiger partial charge >= 0.3 is 0 Å². The molecule has 0 unspecified atom stereocenters.